The van der Waals surface area contributed by atoms with E-state index >= 15 is 0 Å². The summed E-state index contributed by atoms with van der Waals surface area (Å²) in [6, 6.07) is 16.4. The highest BCUT2D eigenvalue weighted by Gasteiger charge is 2.38. The number of nitrogens with zero attached hydrogens (tertiary/aromatic N) is 3. The first-order chi connectivity index (χ1) is 18.4. The van der Waals surface area contributed by atoms with E-state index in [0.717, 1.165) is 89.6 Å². The van der Waals surface area contributed by atoms with Crippen LogP contribution in [0.25, 0.3) is 16.6 Å². The second-order valence-electron chi connectivity index (χ2n) is 10.7. The van der Waals surface area contributed by atoms with E-state index in [0.29, 0.717) is 6.61 Å². The van der Waals surface area contributed by atoms with Gasteiger partial charge in [0.25, 0.3) is 5.91 Å². The van der Waals surface area contributed by atoms with Gasteiger partial charge in [0.15, 0.2) is 0 Å². The smallest absolute Gasteiger partial charge is 0.254 e. The number of halogens is 1. The Bertz CT molecular complexity index is 1320. The zero-order valence-corrected chi connectivity index (χ0v) is 24.2. The number of rotatable bonds is 6. The van der Waals surface area contributed by atoms with Gasteiger partial charge >= 0.3 is 0 Å². The van der Waals surface area contributed by atoms with Gasteiger partial charge in [-0.15, -0.1) is 0 Å². The molecule has 0 radical (unpaired) electrons. The molecule has 1 amide bonds. The molecular weight excluding hydrogens is 540 g/mol. The van der Waals surface area contributed by atoms with E-state index in [1.807, 2.05) is 30.0 Å². The number of pyridine rings is 1. The number of likely N-dealkylation sites (tertiary alicyclic amines) is 2. The van der Waals surface area contributed by atoms with Gasteiger partial charge in [-0.05, 0) is 87.4 Å². The summed E-state index contributed by atoms with van der Waals surface area (Å²) in [7, 11) is 0. The van der Waals surface area contributed by atoms with Crippen LogP contribution in [-0.2, 0) is 4.84 Å². The lowest BCUT2D eigenvalue weighted by molar-refractivity contribution is 0.0257. The summed E-state index contributed by atoms with van der Waals surface area (Å²) in [5.41, 5.74) is 9.79. The lowest BCUT2D eigenvalue weighted by atomic mass is 9.84. The molecule has 1 N–H and O–H groups in total. The maximum Gasteiger partial charge on any atom is 0.254 e. The van der Waals surface area contributed by atoms with Crippen molar-refractivity contribution in [2.24, 2.45) is 0 Å². The van der Waals surface area contributed by atoms with Crippen molar-refractivity contribution < 1.29 is 9.63 Å². The second-order valence-corrected chi connectivity index (χ2v) is 11.6. The molecule has 0 aliphatic carbocycles. The molecule has 6 nitrogen and oxygen atoms in total. The molecule has 0 spiro atoms. The fraction of sp³-hybridized carbons (Fsp3) is 0.419. The average molecular weight is 578 g/mol. The number of benzene rings is 2. The number of nitrogens with one attached hydrogen (secondary N) is 1. The number of aryl methyl sites for hydroxylation is 1. The number of piperidine rings is 2. The molecular formula is C31H37BrN4O2. The van der Waals surface area contributed by atoms with Crippen LogP contribution < -0.4 is 5.48 Å². The Balaban J connectivity index is 1.24. The SMILES string of the molecule is CCONC(=C1CCN(C2(C)CCN(C(=O)c3ccnc4cc(C)ccc34)CC2)CC1)c1ccc(Br)cc1. The third kappa shape index (κ3) is 5.65. The summed E-state index contributed by atoms with van der Waals surface area (Å²) in [4.78, 5) is 28.3. The van der Waals surface area contributed by atoms with Crippen molar-refractivity contribution in [3.8, 4) is 0 Å². The molecule has 0 unspecified atom stereocenters. The molecule has 0 atom stereocenters. The molecule has 38 heavy (non-hydrogen) atoms. The predicted molar refractivity (Wildman–Crippen MR) is 157 cm³/mol. The van der Waals surface area contributed by atoms with Gasteiger partial charge in [0.05, 0.1) is 23.4 Å². The first kappa shape index (κ1) is 26.9. The minimum atomic E-state index is 0.102. The van der Waals surface area contributed by atoms with Gasteiger partial charge < -0.3 is 4.90 Å². The molecule has 2 fully saturated rings. The molecule has 3 aromatic rings. The number of amides is 1. The van der Waals surface area contributed by atoms with Crippen LogP contribution in [0.2, 0.25) is 0 Å². The Morgan fingerprint density at radius 3 is 2.45 bits per heavy atom. The number of hydrogen-bond acceptors (Lipinski definition) is 5. The maximum atomic E-state index is 13.5. The standard InChI is InChI=1S/C31H37BrN4O2/c1-4-38-34-29(23-6-8-25(32)9-7-23)24-12-17-36(18-13-24)31(3)14-19-35(20-15-31)30(37)27-11-16-33-28-21-22(2)5-10-26(27)28/h5-11,16,21,34H,4,12-15,17-20H2,1-3H3. The highest BCUT2D eigenvalue weighted by molar-refractivity contribution is 9.10. The topological polar surface area (TPSA) is 57.7 Å². The minimum absolute atomic E-state index is 0.102. The van der Waals surface area contributed by atoms with Crippen molar-refractivity contribution in [2.75, 3.05) is 32.8 Å². The van der Waals surface area contributed by atoms with Crippen LogP contribution in [0.15, 0.2) is 64.8 Å². The fourth-order valence-corrected chi connectivity index (χ4v) is 6.05. The number of carbonyl (C=O) groups is 1. The van der Waals surface area contributed by atoms with Crippen molar-refractivity contribution in [2.45, 2.75) is 52.0 Å². The van der Waals surface area contributed by atoms with Crippen molar-refractivity contribution in [3.05, 3.63) is 81.5 Å². The van der Waals surface area contributed by atoms with Crippen molar-refractivity contribution >= 4 is 38.4 Å². The normalized spacial score (nSPS) is 18.0. The fourth-order valence-electron chi connectivity index (χ4n) is 5.79. The molecule has 2 saturated heterocycles. The Kier molecular flexibility index (Phi) is 8.17. The van der Waals surface area contributed by atoms with E-state index in [2.05, 4.69) is 75.5 Å². The van der Waals surface area contributed by atoms with Gasteiger partial charge in [-0.2, -0.15) is 0 Å². The van der Waals surface area contributed by atoms with Gasteiger partial charge in [-0.25, -0.2) is 0 Å². The average Bonchev–Trinajstić information content (AvgIpc) is 2.94. The second kappa shape index (κ2) is 11.6. The lowest BCUT2D eigenvalue weighted by Crippen LogP contribution is -2.56. The highest BCUT2D eigenvalue weighted by Crippen LogP contribution is 2.35. The molecule has 2 aromatic carbocycles. The van der Waals surface area contributed by atoms with Gasteiger partial charge in [-0.3, -0.25) is 25.0 Å². The third-order valence-corrected chi connectivity index (χ3v) is 8.72. The Morgan fingerprint density at radius 2 is 1.76 bits per heavy atom. The number of hydroxylamine groups is 1. The maximum absolute atomic E-state index is 13.5. The molecule has 3 heterocycles. The highest BCUT2D eigenvalue weighted by atomic mass is 79.9. The summed E-state index contributed by atoms with van der Waals surface area (Å²) >= 11 is 3.54. The Labute approximate surface area is 234 Å². The molecule has 2 aliphatic rings. The Hall–Kier alpha value is -2.74. The van der Waals surface area contributed by atoms with E-state index < -0.39 is 0 Å². The number of aromatic nitrogens is 1. The molecule has 200 valence electrons. The summed E-state index contributed by atoms with van der Waals surface area (Å²) in [5, 5.41) is 0.939. The number of hydrogen-bond donors (Lipinski definition) is 1. The molecule has 2 aliphatic heterocycles. The molecule has 0 saturated carbocycles. The van der Waals surface area contributed by atoms with Crippen LogP contribution in [0.4, 0.5) is 0 Å². The predicted octanol–water partition coefficient (Wildman–Crippen LogP) is 6.35. The van der Waals surface area contributed by atoms with E-state index in [4.69, 9.17) is 4.84 Å². The monoisotopic (exact) mass is 576 g/mol. The van der Waals surface area contributed by atoms with E-state index in [-0.39, 0.29) is 11.4 Å². The third-order valence-electron chi connectivity index (χ3n) is 8.19. The largest absolute Gasteiger partial charge is 0.338 e. The van der Waals surface area contributed by atoms with E-state index in [9.17, 15) is 4.79 Å². The Morgan fingerprint density at radius 1 is 1.05 bits per heavy atom. The van der Waals surface area contributed by atoms with Crippen LogP contribution in [0.3, 0.4) is 0 Å². The molecule has 7 heteroatoms. The molecule has 0 bridgehead atoms. The first-order valence-electron chi connectivity index (χ1n) is 13.6. The molecule has 5 rings (SSSR count). The van der Waals surface area contributed by atoms with Crippen LogP contribution in [0.1, 0.15) is 61.0 Å². The van der Waals surface area contributed by atoms with Gasteiger partial charge in [-0.1, -0.05) is 40.2 Å². The van der Waals surface area contributed by atoms with Gasteiger partial charge in [0.2, 0.25) is 0 Å². The van der Waals surface area contributed by atoms with Crippen LogP contribution >= 0.6 is 15.9 Å². The quantitative estimate of drug-likeness (QED) is 0.346. The van der Waals surface area contributed by atoms with Gasteiger partial charge in [0, 0.05) is 47.8 Å². The summed E-state index contributed by atoms with van der Waals surface area (Å²) < 4.78 is 1.07. The summed E-state index contributed by atoms with van der Waals surface area (Å²) in [6.45, 7) is 10.6. The van der Waals surface area contributed by atoms with Crippen LogP contribution in [-0.4, -0.2) is 59.0 Å². The zero-order valence-electron chi connectivity index (χ0n) is 22.6. The van der Waals surface area contributed by atoms with Gasteiger partial charge in [0.1, 0.15) is 0 Å². The number of fused-ring (bicyclic) bond motifs is 1. The minimum Gasteiger partial charge on any atom is -0.338 e. The van der Waals surface area contributed by atoms with Crippen molar-refractivity contribution in [1.82, 2.24) is 20.3 Å². The molecule has 1 aromatic heterocycles. The van der Waals surface area contributed by atoms with Crippen LogP contribution in [0, 0.1) is 6.92 Å². The summed E-state index contributed by atoms with van der Waals surface area (Å²) in [5.74, 6) is 0.119. The van der Waals surface area contributed by atoms with E-state index in [1.165, 1.54) is 5.57 Å². The van der Waals surface area contributed by atoms with Crippen molar-refractivity contribution in [1.29, 1.82) is 0 Å². The van der Waals surface area contributed by atoms with Crippen LogP contribution in [0.5, 0.6) is 0 Å². The summed E-state index contributed by atoms with van der Waals surface area (Å²) in [6.07, 6.45) is 5.73. The van der Waals surface area contributed by atoms with E-state index in [1.54, 1.807) is 6.20 Å². The lowest BCUT2D eigenvalue weighted by Gasteiger charge is -2.48. The van der Waals surface area contributed by atoms with Crippen molar-refractivity contribution in [3.63, 3.8) is 0 Å². The zero-order chi connectivity index (χ0) is 26.7. The number of carbonyl (C=O) groups excluding carboxylic acids is 1. The first-order valence-corrected chi connectivity index (χ1v) is 14.4.